The van der Waals surface area contributed by atoms with Crippen molar-refractivity contribution < 1.29 is 27.6 Å². The van der Waals surface area contributed by atoms with E-state index in [4.69, 9.17) is 14.4 Å². The highest BCUT2D eigenvalue weighted by Crippen LogP contribution is 2.36. The molecule has 0 bridgehead atoms. The van der Waals surface area contributed by atoms with E-state index in [0.717, 1.165) is 19.4 Å². The predicted molar refractivity (Wildman–Crippen MR) is 86.8 cm³/mol. The fourth-order valence-electron chi connectivity index (χ4n) is 2.86. The number of aliphatic carboxylic acids is 1. The zero-order valence-corrected chi connectivity index (χ0v) is 14.0. The summed E-state index contributed by atoms with van der Waals surface area (Å²) in [6.07, 6.45) is -2.99. The second kappa shape index (κ2) is 8.22. The van der Waals surface area contributed by atoms with Crippen LogP contribution < -0.4 is 10.9 Å². The van der Waals surface area contributed by atoms with Crippen LogP contribution >= 0.6 is 0 Å². The van der Waals surface area contributed by atoms with E-state index in [0.29, 0.717) is 24.3 Å². The zero-order chi connectivity index (χ0) is 19.3. The highest BCUT2D eigenvalue weighted by Gasteiger charge is 2.32. The summed E-state index contributed by atoms with van der Waals surface area (Å²) in [5.41, 5.74) is -0.358. The number of carboxylic acid groups (broad SMARTS) is 1. The standard InChI is InChI=1S/C15H15F3N2O2.C2H4O2/c16-15(17,18)11-3-1-2-9(6-11)12-7-10(4-5-19-12)13-8-14(21)20-22-13;1-2(3)4/h1-3,6,8,10,12,19H,4-5,7H2,(H,20,21);1H3,(H,3,4). The minimum atomic E-state index is -4.35. The molecule has 0 amide bonds. The van der Waals surface area contributed by atoms with E-state index in [1.54, 1.807) is 6.07 Å². The van der Waals surface area contributed by atoms with Crippen LogP contribution in [0.1, 0.15) is 48.6 Å². The van der Waals surface area contributed by atoms with Gasteiger partial charge in [0.25, 0.3) is 11.5 Å². The SMILES string of the molecule is CC(=O)O.O=c1cc(C2CCNC(c3cccc(C(F)(F)F)c3)C2)o[nH]1. The Morgan fingerprint density at radius 3 is 2.58 bits per heavy atom. The lowest BCUT2D eigenvalue weighted by atomic mass is 9.87. The third-order valence-electron chi connectivity index (χ3n) is 3.97. The molecule has 142 valence electrons. The molecular formula is C17H19F3N2O4. The van der Waals surface area contributed by atoms with Crippen LogP contribution in [0.2, 0.25) is 0 Å². The minimum absolute atomic E-state index is 0.0137. The molecule has 0 radical (unpaired) electrons. The van der Waals surface area contributed by atoms with Crippen molar-refractivity contribution in [3.8, 4) is 0 Å². The molecule has 26 heavy (non-hydrogen) atoms. The number of benzene rings is 1. The number of H-pyrrole nitrogens is 1. The molecule has 0 saturated carbocycles. The lowest BCUT2D eigenvalue weighted by Crippen LogP contribution is -2.31. The summed E-state index contributed by atoms with van der Waals surface area (Å²) in [5, 5.41) is 12.9. The average molecular weight is 372 g/mol. The van der Waals surface area contributed by atoms with Crippen molar-refractivity contribution in [2.24, 2.45) is 0 Å². The van der Waals surface area contributed by atoms with Gasteiger partial charge in [0.1, 0.15) is 5.76 Å². The van der Waals surface area contributed by atoms with Crippen molar-refractivity contribution in [2.75, 3.05) is 6.54 Å². The second-order valence-corrected chi connectivity index (χ2v) is 5.99. The van der Waals surface area contributed by atoms with Crippen molar-refractivity contribution in [3.05, 3.63) is 57.6 Å². The first kappa shape index (κ1) is 19.8. The Morgan fingerprint density at radius 1 is 1.31 bits per heavy atom. The van der Waals surface area contributed by atoms with Gasteiger partial charge < -0.3 is 14.9 Å². The van der Waals surface area contributed by atoms with Gasteiger partial charge in [-0.1, -0.05) is 12.1 Å². The monoisotopic (exact) mass is 372 g/mol. The van der Waals surface area contributed by atoms with Crippen LogP contribution in [0.4, 0.5) is 13.2 Å². The fraction of sp³-hybridized carbons (Fsp3) is 0.412. The number of alkyl halides is 3. The van der Waals surface area contributed by atoms with Gasteiger partial charge >= 0.3 is 6.18 Å². The highest BCUT2D eigenvalue weighted by molar-refractivity contribution is 5.62. The van der Waals surface area contributed by atoms with Crippen LogP contribution in [-0.2, 0) is 11.0 Å². The van der Waals surface area contributed by atoms with Crippen molar-refractivity contribution >= 4 is 5.97 Å². The van der Waals surface area contributed by atoms with E-state index < -0.39 is 17.7 Å². The number of halogens is 3. The number of nitrogens with one attached hydrogen (secondary N) is 2. The summed E-state index contributed by atoms with van der Waals surface area (Å²) in [6.45, 7) is 1.74. The van der Waals surface area contributed by atoms with Gasteiger partial charge in [-0.3, -0.25) is 9.59 Å². The number of hydrogen-bond donors (Lipinski definition) is 3. The van der Waals surface area contributed by atoms with Crippen LogP contribution in [-0.4, -0.2) is 22.8 Å². The second-order valence-electron chi connectivity index (χ2n) is 5.99. The van der Waals surface area contributed by atoms with Crippen LogP contribution in [0, 0.1) is 0 Å². The molecule has 0 spiro atoms. The molecule has 6 nitrogen and oxygen atoms in total. The summed E-state index contributed by atoms with van der Waals surface area (Å²) in [6, 6.07) is 6.55. The number of carbonyl (C=O) groups is 1. The fourth-order valence-corrected chi connectivity index (χ4v) is 2.86. The molecule has 1 aliphatic rings. The Balaban J connectivity index is 0.000000552. The smallest absolute Gasteiger partial charge is 0.416 e. The Kier molecular flexibility index (Phi) is 6.25. The van der Waals surface area contributed by atoms with Gasteiger partial charge in [0, 0.05) is 24.9 Å². The van der Waals surface area contributed by atoms with Crippen molar-refractivity contribution in [2.45, 2.75) is 37.9 Å². The highest BCUT2D eigenvalue weighted by atomic mass is 19.4. The topological polar surface area (TPSA) is 95.3 Å². The third kappa shape index (κ3) is 5.48. The van der Waals surface area contributed by atoms with Crippen molar-refractivity contribution in [3.63, 3.8) is 0 Å². The number of aromatic nitrogens is 1. The van der Waals surface area contributed by atoms with Gasteiger partial charge in [-0.15, -0.1) is 0 Å². The van der Waals surface area contributed by atoms with Gasteiger partial charge in [0.2, 0.25) is 0 Å². The molecular weight excluding hydrogens is 353 g/mol. The maximum absolute atomic E-state index is 12.8. The number of rotatable bonds is 2. The quantitative estimate of drug-likeness (QED) is 0.752. The van der Waals surface area contributed by atoms with Crippen LogP contribution in [0.5, 0.6) is 0 Å². The Bertz CT molecular complexity index is 794. The first-order valence-corrected chi connectivity index (χ1v) is 7.95. The van der Waals surface area contributed by atoms with E-state index in [9.17, 15) is 18.0 Å². The van der Waals surface area contributed by atoms with E-state index in [1.165, 1.54) is 18.2 Å². The van der Waals surface area contributed by atoms with Gasteiger partial charge in [-0.2, -0.15) is 18.3 Å². The summed E-state index contributed by atoms with van der Waals surface area (Å²) >= 11 is 0. The minimum Gasteiger partial charge on any atom is -0.481 e. The first-order chi connectivity index (χ1) is 12.2. The molecule has 9 heteroatoms. The molecule has 1 fully saturated rings. The van der Waals surface area contributed by atoms with Crippen LogP contribution in [0.15, 0.2) is 39.6 Å². The Labute approximate surface area is 147 Å². The van der Waals surface area contributed by atoms with Gasteiger partial charge in [0.05, 0.1) is 5.56 Å². The van der Waals surface area contributed by atoms with E-state index >= 15 is 0 Å². The average Bonchev–Trinajstić information content (AvgIpc) is 3.00. The van der Waals surface area contributed by atoms with Crippen LogP contribution in [0.25, 0.3) is 0 Å². The predicted octanol–water partition coefficient (Wildman–Crippen LogP) is 3.29. The Hall–Kier alpha value is -2.55. The molecule has 2 unspecified atom stereocenters. The summed E-state index contributed by atoms with van der Waals surface area (Å²) in [5.74, 6) is -0.261. The van der Waals surface area contributed by atoms with E-state index in [2.05, 4.69) is 10.5 Å². The lowest BCUT2D eigenvalue weighted by Gasteiger charge is -2.29. The molecule has 0 aliphatic carbocycles. The lowest BCUT2D eigenvalue weighted by molar-refractivity contribution is -0.137. The normalized spacial score (nSPS) is 20.2. The largest absolute Gasteiger partial charge is 0.481 e. The van der Waals surface area contributed by atoms with E-state index in [-0.39, 0.29) is 17.5 Å². The molecule has 2 atom stereocenters. The molecule has 1 aromatic carbocycles. The van der Waals surface area contributed by atoms with Crippen molar-refractivity contribution in [1.29, 1.82) is 0 Å². The van der Waals surface area contributed by atoms with E-state index in [1.807, 2.05) is 0 Å². The summed E-state index contributed by atoms with van der Waals surface area (Å²) in [7, 11) is 0. The molecule has 2 heterocycles. The zero-order valence-electron chi connectivity index (χ0n) is 14.0. The molecule has 1 aliphatic heterocycles. The third-order valence-corrected chi connectivity index (χ3v) is 3.97. The van der Waals surface area contributed by atoms with Gasteiger partial charge in [0.15, 0.2) is 0 Å². The number of piperidine rings is 1. The number of carboxylic acids is 1. The van der Waals surface area contributed by atoms with Gasteiger partial charge in [-0.25, -0.2) is 0 Å². The Morgan fingerprint density at radius 2 is 2.00 bits per heavy atom. The number of hydrogen-bond acceptors (Lipinski definition) is 4. The van der Waals surface area contributed by atoms with Crippen LogP contribution in [0.3, 0.4) is 0 Å². The summed E-state index contributed by atoms with van der Waals surface area (Å²) < 4.78 is 43.5. The molecule has 1 aromatic heterocycles. The maximum Gasteiger partial charge on any atom is 0.416 e. The molecule has 3 rings (SSSR count). The number of aromatic amines is 1. The van der Waals surface area contributed by atoms with Crippen molar-refractivity contribution in [1.82, 2.24) is 10.5 Å². The molecule has 2 aromatic rings. The first-order valence-electron chi connectivity index (χ1n) is 7.95. The maximum atomic E-state index is 12.8. The summed E-state index contributed by atoms with van der Waals surface area (Å²) in [4.78, 5) is 20.1. The molecule has 3 N–H and O–H groups in total. The van der Waals surface area contributed by atoms with Gasteiger partial charge in [-0.05, 0) is 37.1 Å². The molecule has 1 saturated heterocycles.